The number of aromatic nitrogens is 1. The maximum Gasteiger partial charge on any atom is 0.236 e. The van der Waals surface area contributed by atoms with Gasteiger partial charge in [0.2, 0.25) is 12.7 Å². The molecule has 1 aliphatic carbocycles. The molecule has 0 radical (unpaired) electrons. The number of carbonyl (C=O) groups is 1. The second-order valence-corrected chi connectivity index (χ2v) is 10.4. The Bertz CT molecular complexity index is 1240. The van der Waals surface area contributed by atoms with Crippen LogP contribution < -0.4 is 14.8 Å². The molecule has 176 valence electrons. The lowest BCUT2D eigenvalue weighted by atomic mass is 9.94. The first-order valence-corrected chi connectivity index (χ1v) is 12.6. The molecule has 1 aromatic heterocycles. The van der Waals surface area contributed by atoms with Gasteiger partial charge in [0, 0.05) is 22.6 Å². The lowest BCUT2D eigenvalue weighted by Gasteiger charge is -2.30. The Morgan fingerprint density at radius 1 is 1.24 bits per heavy atom. The molecule has 1 saturated carbocycles. The van der Waals surface area contributed by atoms with E-state index in [0.717, 1.165) is 48.2 Å². The number of rotatable bonds is 6. The second kappa shape index (κ2) is 8.53. The first kappa shape index (κ1) is 21.9. The van der Waals surface area contributed by atoms with E-state index in [1.54, 1.807) is 6.20 Å². The van der Waals surface area contributed by atoms with Crippen LogP contribution in [0.4, 0.5) is 5.13 Å². The molecule has 1 unspecified atom stereocenters. The van der Waals surface area contributed by atoms with Crippen molar-refractivity contribution in [2.75, 3.05) is 18.7 Å². The number of amides is 1. The van der Waals surface area contributed by atoms with Gasteiger partial charge in [-0.2, -0.15) is 0 Å². The Morgan fingerprint density at radius 3 is 2.82 bits per heavy atom. The SMILES string of the molecule is O=C(Nc1ncc([C@@H](c2ccccc2Cl)N2CCCC2O)s1)C1(c2ccc3c(c2)OCO3)CC1. The normalized spacial score (nSPS) is 21.4. The molecule has 34 heavy (non-hydrogen) atoms. The largest absolute Gasteiger partial charge is 0.454 e. The molecule has 7 nitrogen and oxygen atoms in total. The predicted octanol–water partition coefficient (Wildman–Crippen LogP) is 4.70. The molecule has 3 aromatic rings. The molecule has 2 fully saturated rings. The lowest BCUT2D eigenvalue weighted by molar-refractivity contribution is -0.118. The van der Waals surface area contributed by atoms with Crippen LogP contribution in [-0.4, -0.2) is 40.5 Å². The summed E-state index contributed by atoms with van der Waals surface area (Å²) in [6.07, 6.45) is 4.43. The molecule has 0 spiro atoms. The Kier molecular flexibility index (Phi) is 5.49. The van der Waals surface area contributed by atoms with Gasteiger partial charge in [-0.3, -0.25) is 9.69 Å². The molecule has 2 aliphatic heterocycles. The van der Waals surface area contributed by atoms with Crippen molar-refractivity contribution in [3.05, 3.63) is 69.7 Å². The van der Waals surface area contributed by atoms with Crippen molar-refractivity contribution in [2.45, 2.75) is 43.4 Å². The van der Waals surface area contributed by atoms with E-state index in [0.29, 0.717) is 21.7 Å². The van der Waals surface area contributed by atoms with Crippen molar-refractivity contribution >= 4 is 34.0 Å². The number of aliphatic hydroxyl groups is 1. The van der Waals surface area contributed by atoms with E-state index in [1.165, 1.54) is 11.3 Å². The van der Waals surface area contributed by atoms with E-state index in [2.05, 4.69) is 15.2 Å². The zero-order valence-corrected chi connectivity index (χ0v) is 19.9. The minimum Gasteiger partial charge on any atom is -0.454 e. The average molecular weight is 498 g/mol. The summed E-state index contributed by atoms with van der Waals surface area (Å²) in [5.74, 6) is 1.32. The number of fused-ring (bicyclic) bond motifs is 1. The molecule has 3 aliphatic rings. The molecule has 1 amide bonds. The van der Waals surface area contributed by atoms with Crippen molar-refractivity contribution in [2.24, 2.45) is 0 Å². The molecular weight excluding hydrogens is 474 g/mol. The van der Waals surface area contributed by atoms with E-state index < -0.39 is 11.6 Å². The summed E-state index contributed by atoms with van der Waals surface area (Å²) in [4.78, 5) is 20.8. The van der Waals surface area contributed by atoms with Crippen LogP contribution in [0.5, 0.6) is 11.5 Å². The number of carbonyl (C=O) groups excluding carboxylic acids is 1. The van der Waals surface area contributed by atoms with E-state index in [-0.39, 0.29) is 18.7 Å². The zero-order chi connectivity index (χ0) is 23.3. The van der Waals surface area contributed by atoms with Crippen molar-refractivity contribution in [1.82, 2.24) is 9.88 Å². The number of aliphatic hydroxyl groups excluding tert-OH is 1. The minimum atomic E-state index is -0.569. The number of halogens is 1. The number of anilines is 1. The molecule has 2 aromatic carbocycles. The van der Waals surface area contributed by atoms with E-state index in [1.807, 2.05) is 42.5 Å². The fraction of sp³-hybridized carbons (Fsp3) is 0.360. The average Bonchev–Trinajstić information content (AvgIpc) is 3.12. The fourth-order valence-electron chi connectivity index (χ4n) is 4.92. The van der Waals surface area contributed by atoms with Crippen molar-refractivity contribution < 1.29 is 19.4 Å². The third-order valence-corrected chi connectivity index (χ3v) is 8.23. The molecule has 2 N–H and O–H groups in total. The van der Waals surface area contributed by atoms with Crippen molar-refractivity contribution in [1.29, 1.82) is 0 Å². The summed E-state index contributed by atoms with van der Waals surface area (Å²) in [7, 11) is 0. The number of likely N-dealkylation sites (tertiary alicyclic amines) is 1. The third kappa shape index (κ3) is 3.75. The molecule has 6 rings (SSSR count). The van der Waals surface area contributed by atoms with Gasteiger partial charge in [-0.05, 0) is 55.0 Å². The highest BCUT2D eigenvalue weighted by atomic mass is 35.5. The van der Waals surface area contributed by atoms with Crippen LogP contribution in [0.3, 0.4) is 0 Å². The number of hydrogen-bond donors (Lipinski definition) is 2. The van der Waals surface area contributed by atoms with Gasteiger partial charge in [0.1, 0.15) is 6.23 Å². The second-order valence-electron chi connectivity index (χ2n) is 8.96. The van der Waals surface area contributed by atoms with Crippen LogP contribution in [0.15, 0.2) is 48.7 Å². The monoisotopic (exact) mass is 497 g/mol. The Labute approximate surface area is 206 Å². The minimum absolute atomic E-state index is 0.0669. The van der Waals surface area contributed by atoms with E-state index in [9.17, 15) is 9.90 Å². The quantitative estimate of drug-likeness (QED) is 0.513. The highest BCUT2D eigenvalue weighted by molar-refractivity contribution is 7.15. The summed E-state index contributed by atoms with van der Waals surface area (Å²) in [5, 5.41) is 14.8. The van der Waals surface area contributed by atoms with Crippen LogP contribution >= 0.6 is 22.9 Å². The first-order valence-electron chi connectivity index (χ1n) is 11.4. The zero-order valence-electron chi connectivity index (χ0n) is 18.4. The third-order valence-electron chi connectivity index (χ3n) is 6.92. The van der Waals surface area contributed by atoms with Gasteiger partial charge in [-0.15, -0.1) is 0 Å². The molecule has 3 heterocycles. The van der Waals surface area contributed by atoms with Crippen LogP contribution in [0.25, 0.3) is 0 Å². The number of thiazole rings is 1. The number of nitrogens with one attached hydrogen (secondary N) is 1. The highest BCUT2D eigenvalue weighted by Gasteiger charge is 2.52. The van der Waals surface area contributed by atoms with E-state index >= 15 is 0 Å². The maximum absolute atomic E-state index is 13.3. The van der Waals surface area contributed by atoms with Gasteiger partial charge in [0.15, 0.2) is 16.6 Å². The summed E-state index contributed by atoms with van der Waals surface area (Å²) < 4.78 is 10.9. The van der Waals surface area contributed by atoms with Gasteiger partial charge in [0.05, 0.1) is 11.5 Å². The van der Waals surface area contributed by atoms with Gasteiger partial charge < -0.3 is 19.9 Å². The molecular formula is C25H24ClN3O4S. The summed E-state index contributed by atoms with van der Waals surface area (Å²) in [5.41, 5.74) is 1.28. The van der Waals surface area contributed by atoms with Crippen LogP contribution in [-0.2, 0) is 10.2 Å². The number of ether oxygens (including phenoxy) is 2. The molecule has 9 heteroatoms. The Balaban J connectivity index is 1.26. The van der Waals surface area contributed by atoms with Crippen molar-refractivity contribution in [3.8, 4) is 11.5 Å². The van der Waals surface area contributed by atoms with Crippen LogP contribution in [0.2, 0.25) is 5.02 Å². The summed E-state index contributed by atoms with van der Waals surface area (Å²) >= 11 is 7.97. The fourth-order valence-corrected chi connectivity index (χ4v) is 6.11. The number of benzene rings is 2. The van der Waals surface area contributed by atoms with Gasteiger partial charge in [0.25, 0.3) is 0 Å². The number of nitrogens with zero attached hydrogens (tertiary/aromatic N) is 2. The standard InChI is InChI=1S/C25H24ClN3O4S/c26-17-5-2-1-4-16(17)22(29-11-3-6-21(29)30)20-13-27-24(34-20)28-23(31)25(9-10-25)15-7-8-18-19(12-15)33-14-32-18/h1-2,4-5,7-8,12-13,21-22,30H,3,6,9-11,14H2,(H,27,28,31)/t21?,22-/m1/s1. The van der Waals surface area contributed by atoms with Crippen LogP contribution in [0, 0.1) is 0 Å². The lowest BCUT2D eigenvalue weighted by Crippen LogP contribution is -2.33. The molecule has 1 saturated heterocycles. The predicted molar refractivity (Wildman–Crippen MR) is 129 cm³/mol. The smallest absolute Gasteiger partial charge is 0.236 e. The van der Waals surface area contributed by atoms with Gasteiger partial charge in [-0.25, -0.2) is 4.98 Å². The Morgan fingerprint density at radius 2 is 2.06 bits per heavy atom. The first-order chi connectivity index (χ1) is 16.5. The topological polar surface area (TPSA) is 83.9 Å². The molecule has 2 atom stereocenters. The molecule has 0 bridgehead atoms. The van der Waals surface area contributed by atoms with Crippen molar-refractivity contribution in [3.63, 3.8) is 0 Å². The van der Waals surface area contributed by atoms with Crippen LogP contribution in [0.1, 0.15) is 47.7 Å². The summed E-state index contributed by atoms with van der Waals surface area (Å²) in [6.45, 7) is 0.974. The van der Waals surface area contributed by atoms with Gasteiger partial charge in [-0.1, -0.05) is 47.2 Å². The maximum atomic E-state index is 13.3. The Hall–Kier alpha value is -2.65. The summed E-state index contributed by atoms with van der Waals surface area (Å²) in [6, 6.07) is 13.2. The van der Waals surface area contributed by atoms with E-state index in [4.69, 9.17) is 21.1 Å². The number of hydrogen-bond acceptors (Lipinski definition) is 7. The van der Waals surface area contributed by atoms with Gasteiger partial charge >= 0.3 is 0 Å². The highest BCUT2D eigenvalue weighted by Crippen LogP contribution is 2.51.